The molecule has 2 aromatic rings. The second kappa shape index (κ2) is 9.06. The highest BCUT2D eigenvalue weighted by atomic mass is 35.5. The summed E-state index contributed by atoms with van der Waals surface area (Å²) in [6.45, 7) is 9.62. The molecule has 0 radical (unpaired) electrons. The minimum Gasteiger partial charge on any atom is -0.383 e. The second-order valence-electron chi connectivity index (χ2n) is 7.76. The Bertz CT molecular complexity index is 933. The first kappa shape index (κ1) is 23.0. The molecule has 0 bridgehead atoms. The van der Waals surface area contributed by atoms with Crippen LogP contribution in [0, 0.1) is 16.9 Å². The summed E-state index contributed by atoms with van der Waals surface area (Å²) < 4.78 is 54.3. The van der Waals surface area contributed by atoms with Crippen molar-refractivity contribution in [3.63, 3.8) is 0 Å². The fourth-order valence-electron chi connectivity index (χ4n) is 2.82. The monoisotopic (exact) mass is 467 g/mol. The number of hydrogen-bond acceptors (Lipinski definition) is 5. The minimum atomic E-state index is -4.28. The van der Waals surface area contributed by atoms with Crippen LogP contribution in [0.15, 0.2) is 23.2 Å². The van der Waals surface area contributed by atoms with Gasteiger partial charge in [0.2, 0.25) is 0 Å². The van der Waals surface area contributed by atoms with Crippen LogP contribution < -0.4 is 10.0 Å². The van der Waals surface area contributed by atoms with Crippen LogP contribution in [0.5, 0.6) is 0 Å². The van der Waals surface area contributed by atoms with Gasteiger partial charge in [0.1, 0.15) is 10.7 Å². The quantitative estimate of drug-likeness (QED) is 0.467. The predicted octanol–water partition coefficient (Wildman–Crippen LogP) is 5.65. The maximum Gasteiger partial charge on any atom is 0.266 e. The van der Waals surface area contributed by atoms with Crippen molar-refractivity contribution in [2.45, 2.75) is 43.9 Å². The first-order chi connectivity index (χ1) is 12.9. The van der Waals surface area contributed by atoms with E-state index in [1.165, 1.54) is 0 Å². The smallest absolute Gasteiger partial charge is 0.266 e. The Kier molecular flexibility index (Phi) is 7.46. The van der Waals surface area contributed by atoms with Gasteiger partial charge in [-0.15, -0.1) is 0 Å². The van der Waals surface area contributed by atoms with Crippen molar-refractivity contribution in [2.24, 2.45) is 5.92 Å². The summed E-state index contributed by atoms with van der Waals surface area (Å²) in [6, 6.07) is 3.24. The zero-order valence-corrected chi connectivity index (χ0v) is 19.5. The molecular formula is C17H24ClF2N3O2S2Si. The standard InChI is InChI=1S/C17H24ClF2N3O2S2Si/c1-5-11(10-28(2,3)4)8-21-14-7-13(19)15(6-12(14)18)27(24,25)23-17-22-9-16(20)26-17/h6-7,9,11,21H,5,8,10H2,1-4H3,(H,22,23)/t11-/m1/s1. The Morgan fingerprint density at radius 2 is 1.96 bits per heavy atom. The number of anilines is 2. The molecule has 0 aliphatic heterocycles. The number of nitrogens with one attached hydrogen (secondary N) is 2. The third-order valence-corrected chi connectivity index (χ3v) is 8.37. The van der Waals surface area contributed by atoms with E-state index in [1.54, 1.807) is 0 Å². The first-order valence-corrected chi connectivity index (χ1v) is 15.2. The molecule has 2 rings (SSSR count). The molecule has 1 atom stereocenters. The Labute approximate surface area is 174 Å². The summed E-state index contributed by atoms with van der Waals surface area (Å²) in [7, 11) is -5.52. The Morgan fingerprint density at radius 1 is 1.29 bits per heavy atom. The van der Waals surface area contributed by atoms with Crippen molar-refractivity contribution < 1.29 is 17.2 Å². The van der Waals surface area contributed by atoms with E-state index in [2.05, 4.69) is 41.6 Å². The van der Waals surface area contributed by atoms with Gasteiger partial charge < -0.3 is 5.32 Å². The Balaban J connectivity index is 2.17. The molecule has 5 nitrogen and oxygen atoms in total. The molecule has 0 fully saturated rings. The molecule has 28 heavy (non-hydrogen) atoms. The number of aromatic nitrogens is 1. The molecular weight excluding hydrogens is 444 g/mol. The van der Waals surface area contributed by atoms with E-state index in [1.807, 2.05) is 0 Å². The molecule has 2 N–H and O–H groups in total. The highest BCUT2D eigenvalue weighted by molar-refractivity contribution is 7.93. The lowest BCUT2D eigenvalue weighted by molar-refractivity contribution is 0.568. The number of rotatable bonds is 9. The summed E-state index contributed by atoms with van der Waals surface area (Å²) in [5.41, 5.74) is 0.340. The van der Waals surface area contributed by atoms with E-state index in [0.717, 1.165) is 30.8 Å². The van der Waals surface area contributed by atoms with E-state index < -0.39 is 33.9 Å². The van der Waals surface area contributed by atoms with Gasteiger partial charge in [-0.25, -0.2) is 17.8 Å². The molecule has 156 valence electrons. The third-order valence-electron chi connectivity index (χ3n) is 4.07. The van der Waals surface area contributed by atoms with Gasteiger partial charge in [0.25, 0.3) is 10.0 Å². The van der Waals surface area contributed by atoms with Gasteiger partial charge in [-0.3, -0.25) is 4.72 Å². The van der Waals surface area contributed by atoms with Crippen LogP contribution in [0.3, 0.4) is 0 Å². The first-order valence-electron chi connectivity index (χ1n) is 8.78. The van der Waals surface area contributed by atoms with Crippen molar-refractivity contribution in [2.75, 3.05) is 16.6 Å². The Hall–Kier alpha value is -1.23. The van der Waals surface area contributed by atoms with Gasteiger partial charge in [-0.05, 0) is 18.1 Å². The van der Waals surface area contributed by atoms with Gasteiger partial charge in [-0.1, -0.05) is 62.0 Å². The van der Waals surface area contributed by atoms with Crippen LogP contribution in [0.1, 0.15) is 13.3 Å². The average molecular weight is 468 g/mol. The van der Waals surface area contributed by atoms with Crippen LogP contribution in [0.25, 0.3) is 0 Å². The van der Waals surface area contributed by atoms with E-state index in [4.69, 9.17) is 11.6 Å². The van der Waals surface area contributed by atoms with Crippen LogP contribution in [-0.4, -0.2) is 28.0 Å². The number of sulfonamides is 1. The zero-order valence-electron chi connectivity index (χ0n) is 16.1. The van der Waals surface area contributed by atoms with Crippen molar-refractivity contribution in [1.82, 2.24) is 4.98 Å². The number of hydrogen-bond donors (Lipinski definition) is 2. The summed E-state index contributed by atoms with van der Waals surface area (Å²) in [6.07, 6.45) is 1.86. The number of halogens is 3. The van der Waals surface area contributed by atoms with E-state index in [9.17, 15) is 17.2 Å². The maximum absolute atomic E-state index is 14.5. The SMILES string of the molecule is CC[C@H](CNc1cc(F)c(S(=O)(=O)Nc2ncc(F)s2)cc1Cl)C[Si](C)(C)C. The predicted molar refractivity (Wildman–Crippen MR) is 115 cm³/mol. The van der Waals surface area contributed by atoms with Gasteiger partial charge in [0, 0.05) is 14.6 Å². The van der Waals surface area contributed by atoms with Crippen LogP contribution in [-0.2, 0) is 10.0 Å². The van der Waals surface area contributed by atoms with Gasteiger partial charge in [0.05, 0.1) is 16.9 Å². The highest BCUT2D eigenvalue weighted by Crippen LogP contribution is 2.30. The van der Waals surface area contributed by atoms with Crippen molar-refractivity contribution in [3.8, 4) is 0 Å². The molecule has 1 aromatic heterocycles. The van der Waals surface area contributed by atoms with Crippen molar-refractivity contribution in [3.05, 3.63) is 34.3 Å². The zero-order chi connectivity index (χ0) is 21.1. The minimum absolute atomic E-state index is 0.0925. The van der Waals surface area contributed by atoms with Gasteiger partial charge >= 0.3 is 0 Å². The topological polar surface area (TPSA) is 71.1 Å². The molecule has 1 aromatic carbocycles. The lowest BCUT2D eigenvalue weighted by Crippen LogP contribution is -2.27. The molecule has 0 saturated heterocycles. The fourth-order valence-corrected chi connectivity index (χ4v) is 7.16. The normalized spacial score (nSPS) is 13.4. The van der Waals surface area contributed by atoms with Gasteiger partial charge in [-0.2, -0.15) is 4.39 Å². The van der Waals surface area contributed by atoms with Crippen molar-refractivity contribution in [1.29, 1.82) is 0 Å². The fraction of sp³-hybridized carbons (Fsp3) is 0.471. The molecule has 0 aliphatic rings. The maximum atomic E-state index is 14.5. The highest BCUT2D eigenvalue weighted by Gasteiger charge is 2.24. The average Bonchev–Trinajstić information content (AvgIpc) is 2.96. The van der Waals surface area contributed by atoms with E-state index in [-0.39, 0.29) is 10.2 Å². The molecule has 0 unspecified atom stereocenters. The van der Waals surface area contributed by atoms with Crippen LogP contribution >= 0.6 is 22.9 Å². The summed E-state index contributed by atoms with van der Waals surface area (Å²) in [5, 5.41) is 2.39. The van der Waals surface area contributed by atoms with Crippen LogP contribution in [0.4, 0.5) is 19.6 Å². The van der Waals surface area contributed by atoms with Crippen molar-refractivity contribution >= 4 is 51.9 Å². The molecule has 11 heteroatoms. The summed E-state index contributed by atoms with van der Waals surface area (Å²) >= 11 is 6.70. The van der Waals surface area contributed by atoms with Crippen LogP contribution in [0.2, 0.25) is 30.7 Å². The summed E-state index contributed by atoms with van der Waals surface area (Å²) in [4.78, 5) is 2.95. The van der Waals surface area contributed by atoms with Gasteiger partial charge in [0.15, 0.2) is 10.3 Å². The number of thiazole rings is 1. The second-order valence-corrected chi connectivity index (χ2v) is 16.3. The molecule has 0 aliphatic carbocycles. The van der Waals surface area contributed by atoms with E-state index in [0.29, 0.717) is 29.5 Å². The number of nitrogens with zero attached hydrogens (tertiary/aromatic N) is 1. The lowest BCUT2D eigenvalue weighted by atomic mass is 10.1. The molecule has 0 spiro atoms. The Morgan fingerprint density at radius 3 is 2.50 bits per heavy atom. The molecule has 1 heterocycles. The molecule has 0 saturated carbocycles. The molecule has 0 amide bonds. The third kappa shape index (κ3) is 6.40. The largest absolute Gasteiger partial charge is 0.383 e. The van der Waals surface area contributed by atoms with E-state index >= 15 is 0 Å². The lowest BCUT2D eigenvalue weighted by Gasteiger charge is -2.24. The number of benzene rings is 1. The summed E-state index contributed by atoms with van der Waals surface area (Å²) in [5.74, 6) is -0.523.